The van der Waals surface area contributed by atoms with Gasteiger partial charge in [0.25, 0.3) is 0 Å². The van der Waals surface area contributed by atoms with E-state index in [0.717, 1.165) is 5.56 Å². The van der Waals surface area contributed by atoms with Gasteiger partial charge in [0, 0.05) is 22.5 Å². The minimum atomic E-state index is -1.13. The molecule has 0 bridgehead atoms. The van der Waals surface area contributed by atoms with E-state index in [1.54, 1.807) is 0 Å². The van der Waals surface area contributed by atoms with Crippen molar-refractivity contribution in [3.05, 3.63) is 62.8 Å². The third-order valence-electron chi connectivity index (χ3n) is 5.28. The number of aliphatic hydroxyl groups is 1. The lowest BCUT2D eigenvalue weighted by atomic mass is 9.81. The summed E-state index contributed by atoms with van der Waals surface area (Å²) in [6, 6.07) is 9.82. The van der Waals surface area contributed by atoms with Crippen LogP contribution < -0.4 is 4.74 Å². The fourth-order valence-corrected chi connectivity index (χ4v) is 4.78. The van der Waals surface area contributed by atoms with Crippen LogP contribution in [0.5, 0.6) is 5.75 Å². The Morgan fingerprint density at radius 2 is 2.07 bits per heavy atom. The molecule has 27 heavy (non-hydrogen) atoms. The average Bonchev–Trinajstić information content (AvgIpc) is 3.23. The molecule has 142 valence electrons. The SMILES string of the molecule is O=C(O)N1C[C@@H](O)C[C@H]1[C@@]1(c2ccccc2)Cc2c(cc(F)c(Cl)c2Br)O1. The maximum absolute atomic E-state index is 14.1. The Morgan fingerprint density at radius 1 is 1.37 bits per heavy atom. The normalized spacial score (nSPS) is 26.7. The van der Waals surface area contributed by atoms with Crippen molar-refractivity contribution in [1.29, 1.82) is 0 Å². The first-order valence-electron chi connectivity index (χ1n) is 8.42. The van der Waals surface area contributed by atoms with Gasteiger partial charge in [0.1, 0.15) is 11.6 Å². The number of hydrogen-bond acceptors (Lipinski definition) is 3. The van der Waals surface area contributed by atoms with Gasteiger partial charge in [-0.15, -0.1) is 0 Å². The van der Waals surface area contributed by atoms with Crippen molar-refractivity contribution in [1.82, 2.24) is 4.90 Å². The highest BCUT2D eigenvalue weighted by Gasteiger charge is 2.55. The molecule has 2 aliphatic heterocycles. The van der Waals surface area contributed by atoms with Gasteiger partial charge >= 0.3 is 6.09 Å². The fraction of sp³-hybridized carbons (Fsp3) is 0.316. The van der Waals surface area contributed by atoms with Gasteiger partial charge in [-0.25, -0.2) is 9.18 Å². The molecule has 0 unspecified atom stereocenters. The summed E-state index contributed by atoms with van der Waals surface area (Å²) >= 11 is 9.38. The van der Waals surface area contributed by atoms with Crippen molar-refractivity contribution >= 4 is 33.6 Å². The van der Waals surface area contributed by atoms with Crippen molar-refractivity contribution in [3.63, 3.8) is 0 Å². The molecule has 0 saturated carbocycles. The van der Waals surface area contributed by atoms with Crippen LogP contribution in [0.3, 0.4) is 0 Å². The first-order valence-corrected chi connectivity index (χ1v) is 9.59. The molecular weight excluding hydrogens is 441 g/mol. The van der Waals surface area contributed by atoms with Crippen LogP contribution in [-0.4, -0.2) is 39.9 Å². The van der Waals surface area contributed by atoms with Crippen LogP contribution in [0.4, 0.5) is 9.18 Å². The third kappa shape index (κ3) is 2.88. The number of carbonyl (C=O) groups is 1. The largest absolute Gasteiger partial charge is 0.480 e. The Morgan fingerprint density at radius 3 is 2.74 bits per heavy atom. The summed E-state index contributed by atoms with van der Waals surface area (Å²) in [5.41, 5.74) is 0.353. The number of likely N-dealkylation sites (tertiary alicyclic amines) is 1. The van der Waals surface area contributed by atoms with Gasteiger partial charge in [0.15, 0.2) is 5.60 Å². The standard InChI is InChI=1S/C19H16BrClFNO4/c20-16-12-8-19(10-4-2-1-3-5-10,27-14(12)7-13(22)17(16)21)15-6-11(24)9-23(15)18(25)26/h1-5,7,11,15,24H,6,8-9H2,(H,25,26)/t11-,15-,19-/m0/s1. The first kappa shape index (κ1) is 18.5. The van der Waals surface area contributed by atoms with E-state index in [4.69, 9.17) is 16.3 Å². The van der Waals surface area contributed by atoms with Crippen LogP contribution in [0.2, 0.25) is 5.02 Å². The lowest BCUT2D eigenvalue weighted by Crippen LogP contribution is -2.52. The van der Waals surface area contributed by atoms with Gasteiger partial charge in [-0.2, -0.15) is 0 Å². The smallest absolute Gasteiger partial charge is 0.407 e. The molecule has 0 radical (unpaired) electrons. The molecule has 1 amide bonds. The minimum absolute atomic E-state index is 0.00454. The van der Waals surface area contributed by atoms with Crippen LogP contribution >= 0.6 is 27.5 Å². The Labute approximate surface area is 168 Å². The van der Waals surface area contributed by atoms with E-state index in [-0.39, 0.29) is 18.0 Å². The zero-order chi connectivity index (χ0) is 19.3. The highest BCUT2D eigenvalue weighted by Crippen LogP contribution is 2.51. The molecule has 1 fully saturated rings. The van der Waals surface area contributed by atoms with Crippen molar-refractivity contribution in [3.8, 4) is 5.75 Å². The van der Waals surface area contributed by atoms with Crippen molar-refractivity contribution in [2.75, 3.05) is 6.54 Å². The van der Waals surface area contributed by atoms with Crippen LogP contribution in [0.15, 0.2) is 40.9 Å². The monoisotopic (exact) mass is 455 g/mol. The minimum Gasteiger partial charge on any atom is -0.480 e. The quantitative estimate of drug-likeness (QED) is 0.665. The van der Waals surface area contributed by atoms with Gasteiger partial charge in [0.2, 0.25) is 0 Å². The first-order chi connectivity index (χ1) is 12.8. The average molecular weight is 457 g/mol. The number of hydrogen-bond donors (Lipinski definition) is 2. The Balaban J connectivity index is 1.88. The number of β-amino-alcohol motifs (C(OH)–C–C–N with tert-alkyl or cyclic N) is 1. The van der Waals surface area contributed by atoms with Gasteiger partial charge < -0.3 is 14.9 Å². The maximum atomic E-state index is 14.1. The molecule has 2 N–H and O–H groups in total. The lowest BCUT2D eigenvalue weighted by molar-refractivity contribution is 0.00648. The second-order valence-corrected chi connectivity index (χ2v) is 8.01. The molecule has 4 rings (SSSR count). The van der Waals surface area contributed by atoms with Crippen LogP contribution in [0.25, 0.3) is 0 Å². The van der Waals surface area contributed by atoms with E-state index in [9.17, 15) is 19.4 Å². The van der Waals surface area contributed by atoms with Crippen molar-refractivity contribution in [2.45, 2.75) is 30.6 Å². The number of aliphatic hydroxyl groups excluding tert-OH is 1. The molecule has 2 aliphatic rings. The molecular formula is C19H16BrClFNO4. The number of fused-ring (bicyclic) bond motifs is 1. The molecule has 2 aromatic rings. The Hall–Kier alpha value is -1.83. The number of amides is 1. The van der Waals surface area contributed by atoms with E-state index < -0.39 is 29.7 Å². The highest BCUT2D eigenvalue weighted by molar-refractivity contribution is 9.10. The molecule has 0 aromatic heterocycles. The molecule has 2 heterocycles. The molecule has 8 heteroatoms. The summed E-state index contributed by atoms with van der Waals surface area (Å²) in [6.45, 7) is 0.00454. The van der Waals surface area contributed by atoms with Crippen molar-refractivity contribution < 1.29 is 24.1 Å². The number of carboxylic acid groups (broad SMARTS) is 1. The molecule has 0 spiro atoms. The summed E-state index contributed by atoms with van der Waals surface area (Å²) < 4.78 is 20.8. The summed E-state index contributed by atoms with van der Waals surface area (Å²) in [7, 11) is 0. The van der Waals surface area contributed by atoms with Crippen LogP contribution in [0, 0.1) is 5.82 Å². The second-order valence-electron chi connectivity index (χ2n) is 6.84. The zero-order valence-corrected chi connectivity index (χ0v) is 16.4. The van der Waals surface area contributed by atoms with Gasteiger partial charge in [-0.3, -0.25) is 4.90 Å². The Bertz CT molecular complexity index is 912. The summed E-state index contributed by atoms with van der Waals surface area (Å²) in [6.07, 6.45) is -1.39. The summed E-state index contributed by atoms with van der Waals surface area (Å²) in [5, 5.41) is 19.8. The second kappa shape index (κ2) is 6.65. The molecule has 5 nitrogen and oxygen atoms in total. The fourth-order valence-electron chi connectivity index (χ4n) is 4.09. The van der Waals surface area contributed by atoms with Gasteiger partial charge in [-0.1, -0.05) is 41.9 Å². The zero-order valence-electron chi connectivity index (χ0n) is 14.0. The number of rotatable bonds is 2. The molecule has 1 saturated heterocycles. The summed E-state index contributed by atoms with van der Waals surface area (Å²) in [4.78, 5) is 13.0. The van der Waals surface area contributed by atoms with E-state index in [1.165, 1.54) is 11.0 Å². The molecule has 3 atom stereocenters. The van der Waals surface area contributed by atoms with Gasteiger partial charge in [0.05, 0.1) is 23.7 Å². The molecule has 2 aromatic carbocycles. The van der Waals surface area contributed by atoms with Crippen LogP contribution in [0.1, 0.15) is 17.5 Å². The molecule has 0 aliphatic carbocycles. The lowest BCUT2D eigenvalue weighted by Gasteiger charge is -2.38. The van der Waals surface area contributed by atoms with E-state index in [2.05, 4.69) is 15.9 Å². The topological polar surface area (TPSA) is 70.0 Å². The van der Waals surface area contributed by atoms with E-state index in [0.29, 0.717) is 22.2 Å². The number of nitrogens with zero attached hydrogens (tertiary/aromatic N) is 1. The number of benzene rings is 2. The summed E-state index contributed by atoms with van der Waals surface area (Å²) in [5.74, 6) is -0.299. The predicted molar refractivity (Wildman–Crippen MR) is 101 cm³/mol. The maximum Gasteiger partial charge on any atom is 0.407 e. The van der Waals surface area contributed by atoms with E-state index in [1.807, 2.05) is 30.3 Å². The van der Waals surface area contributed by atoms with Crippen LogP contribution in [-0.2, 0) is 12.0 Å². The van der Waals surface area contributed by atoms with Crippen molar-refractivity contribution in [2.24, 2.45) is 0 Å². The number of halogens is 3. The number of ether oxygens (including phenoxy) is 1. The Kier molecular flexibility index (Phi) is 4.56. The highest BCUT2D eigenvalue weighted by atomic mass is 79.9. The predicted octanol–water partition coefficient (Wildman–Crippen LogP) is 4.19. The third-order valence-corrected chi connectivity index (χ3v) is 6.75. The van der Waals surface area contributed by atoms with Gasteiger partial charge in [-0.05, 0) is 27.9 Å². The van der Waals surface area contributed by atoms with E-state index >= 15 is 0 Å².